The number of carboxylic acids is 1. The van der Waals surface area contributed by atoms with Crippen LogP contribution in [0.15, 0.2) is 76.5 Å². The molecule has 0 radical (unpaired) electrons. The summed E-state index contributed by atoms with van der Waals surface area (Å²) in [5.74, 6) is -1.43. The fraction of sp³-hybridized carbons (Fsp3) is 0.208. The van der Waals surface area contributed by atoms with E-state index in [-0.39, 0.29) is 34.3 Å². The predicted octanol–water partition coefficient (Wildman–Crippen LogP) is 4.74. The Hall–Kier alpha value is -3.57. The molecule has 3 aromatic rings. The number of sulfone groups is 1. The molecular formula is C24H21F3O7S. The van der Waals surface area contributed by atoms with Gasteiger partial charge in [0.2, 0.25) is 9.84 Å². The number of hydrogen-bond acceptors (Lipinski definition) is 6. The van der Waals surface area contributed by atoms with Crippen LogP contribution in [-0.2, 0) is 25.8 Å². The second-order valence-corrected chi connectivity index (χ2v) is 9.28. The van der Waals surface area contributed by atoms with Gasteiger partial charge in [-0.1, -0.05) is 24.3 Å². The van der Waals surface area contributed by atoms with Crippen LogP contribution < -0.4 is 9.47 Å². The molecule has 7 nitrogen and oxygen atoms in total. The zero-order chi connectivity index (χ0) is 25.6. The molecule has 0 spiro atoms. The maximum atomic E-state index is 13.4. The number of rotatable bonds is 10. The first-order valence-electron chi connectivity index (χ1n) is 10.2. The predicted molar refractivity (Wildman–Crippen MR) is 119 cm³/mol. The molecule has 0 aliphatic rings. The van der Waals surface area contributed by atoms with Crippen molar-refractivity contribution in [1.82, 2.24) is 0 Å². The van der Waals surface area contributed by atoms with Crippen molar-refractivity contribution < 1.29 is 45.7 Å². The van der Waals surface area contributed by atoms with Gasteiger partial charge in [-0.25, -0.2) is 8.42 Å². The topological polar surface area (TPSA) is 99.1 Å². The molecule has 0 atom stereocenters. The van der Waals surface area contributed by atoms with Gasteiger partial charge < -0.3 is 19.3 Å². The Morgan fingerprint density at radius 3 is 2.23 bits per heavy atom. The first kappa shape index (κ1) is 26.0. The Morgan fingerprint density at radius 2 is 1.57 bits per heavy atom. The lowest BCUT2D eigenvalue weighted by Gasteiger charge is -2.13. The van der Waals surface area contributed by atoms with Crippen LogP contribution in [0, 0.1) is 0 Å². The molecule has 0 amide bonds. The van der Waals surface area contributed by atoms with Gasteiger partial charge in [-0.2, -0.15) is 0 Å². The summed E-state index contributed by atoms with van der Waals surface area (Å²) in [6.07, 6.45) is -5.29. The van der Waals surface area contributed by atoms with E-state index in [9.17, 15) is 26.4 Å². The molecule has 0 saturated heterocycles. The number of benzene rings is 3. The lowest BCUT2D eigenvalue weighted by atomic mass is 10.1. The zero-order valence-electron chi connectivity index (χ0n) is 18.4. The molecule has 3 aromatic carbocycles. The number of ether oxygens (including phenoxy) is 3. The minimum Gasteiger partial charge on any atom is -0.491 e. The average Bonchev–Trinajstić information content (AvgIpc) is 2.78. The third-order valence-corrected chi connectivity index (χ3v) is 6.44. The molecule has 0 aliphatic heterocycles. The molecule has 35 heavy (non-hydrogen) atoms. The maximum absolute atomic E-state index is 13.4. The summed E-state index contributed by atoms with van der Waals surface area (Å²) < 4.78 is 78.8. The van der Waals surface area contributed by atoms with Crippen molar-refractivity contribution >= 4 is 15.8 Å². The third kappa shape index (κ3) is 7.20. The first-order valence-corrected chi connectivity index (χ1v) is 11.6. The van der Waals surface area contributed by atoms with Crippen LogP contribution in [0.2, 0.25) is 0 Å². The minimum atomic E-state index is -4.87. The summed E-state index contributed by atoms with van der Waals surface area (Å²) in [4.78, 5) is 10.9. The monoisotopic (exact) mass is 510 g/mol. The van der Waals surface area contributed by atoms with E-state index in [0.29, 0.717) is 11.1 Å². The molecule has 0 unspecified atom stereocenters. The van der Waals surface area contributed by atoms with Crippen LogP contribution in [-0.4, -0.2) is 46.2 Å². The molecule has 0 aromatic heterocycles. The number of methoxy groups -OCH3 is 1. The summed E-state index contributed by atoms with van der Waals surface area (Å²) in [6.45, 7) is 0.364. The van der Waals surface area contributed by atoms with Gasteiger partial charge in [-0.05, 0) is 59.2 Å². The van der Waals surface area contributed by atoms with Crippen LogP contribution in [0.5, 0.6) is 11.5 Å². The van der Waals surface area contributed by atoms with Crippen LogP contribution in [0.4, 0.5) is 13.2 Å². The number of carbonyl (C=O) groups is 1. The highest BCUT2D eigenvalue weighted by molar-refractivity contribution is 7.91. The highest BCUT2D eigenvalue weighted by atomic mass is 32.2. The molecule has 0 fully saturated rings. The second-order valence-electron chi connectivity index (χ2n) is 7.33. The van der Waals surface area contributed by atoms with Crippen molar-refractivity contribution in [3.8, 4) is 22.6 Å². The molecule has 0 saturated carbocycles. The fourth-order valence-corrected chi connectivity index (χ4v) is 4.63. The molecule has 11 heteroatoms. The first-order chi connectivity index (χ1) is 16.5. The van der Waals surface area contributed by atoms with E-state index in [2.05, 4.69) is 4.74 Å². The average molecular weight is 510 g/mol. The zero-order valence-corrected chi connectivity index (χ0v) is 19.2. The van der Waals surface area contributed by atoms with Crippen molar-refractivity contribution in [2.45, 2.75) is 22.6 Å². The normalized spacial score (nSPS) is 11.8. The number of carboxylic acid groups (broad SMARTS) is 1. The third-order valence-electron chi connectivity index (χ3n) is 4.71. The fourth-order valence-electron chi connectivity index (χ4n) is 3.24. The van der Waals surface area contributed by atoms with Crippen LogP contribution >= 0.6 is 0 Å². The smallest absolute Gasteiger partial charge is 0.491 e. The minimum absolute atomic E-state index is 0.123. The Morgan fingerprint density at radius 1 is 0.886 bits per heavy atom. The van der Waals surface area contributed by atoms with Gasteiger partial charge in [0.05, 0.1) is 22.8 Å². The number of halogens is 3. The molecule has 3 rings (SSSR count). The molecule has 1 N–H and O–H groups in total. The lowest BCUT2D eigenvalue weighted by Crippen LogP contribution is -2.17. The van der Waals surface area contributed by atoms with Crippen molar-refractivity contribution in [3.63, 3.8) is 0 Å². The molecule has 0 heterocycles. The van der Waals surface area contributed by atoms with Gasteiger partial charge in [0.25, 0.3) is 0 Å². The number of aliphatic carboxylic acids is 1. The van der Waals surface area contributed by atoms with E-state index in [1.54, 1.807) is 6.07 Å². The number of hydrogen-bond donors (Lipinski definition) is 1. The highest BCUT2D eigenvalue weighted by Gasteiger charge is 2.31. The summed E-state index contributed by atoms with van der Waals surface area (Å²) in [6, 6.07) is 14.8. The molecule has 0 bridgehead atoms. The maximum Gasteiger partial charge on any atom is 0.573 e. The largest absolute Gasteiger partial charge is 0.573 e. The van der Waals surface area contributed by atoms with E-state index < -0.39 is 34.3 Å². The van der Waals surface area contributed by atoms with Crippen molar-refractivity contribution in [2.24, 2.45) is 0 Å². The molecular weight excluding hydrogens is 489 g/mol. The molecule has 0 aliphatic carbocycles. The Bertz CT molecular complexity index is 1300. The quantitative estimate of drug-likeness (QED) is 0.394. The summed E-state index contributed by atoms with van der Waals surface area (Å²) >= 11 is 0. The van der Waals surface area contributed by atoms with E-state index >= 15 is 0 Å². The lowest BCUT2D eigenvalue weighted by molar-refractivity contribution is -0.274. The van der Waals surface area contributed by atoms with Gasteiger partial charge in [-0.3, -0.25) is 4.79 Å². The second kappa shape index (κ2) is 10.8. The van der Waals surface area contributed by atoms with Crippen LogP contribution in [0.3, 0.4) is 0 Å². The van der Waals surface area contributed by atoms with E-state index in [1.807, 2.05) is 0 Å². The highest BCUT2D eigenvalue weighted by Crippen LogP contribution is 2.32. The Labute approximate surface area is 199 Å². The van der Waals surface area contributed by atoms with Crippen molar-refractivity contribution in [3.05, 3.63) is 72.3 Å². The van der Waals surface area contributed by atoms with Gasteiger partial charge >= 0.3 is 12.3 Å². The SMILES string of the molecule is COCCOc1cc(CC(=O)O)cc(S(=O)(=O)c2cccc(-c3cccc(OC(F)(F)F)c3)c2)c1. The van der Waals surface area contributed by atoms with E-state index in [4.69, 9.17) is 14.6 Å². The summed E-state index contributed by atoms with van der Waals surface area (Å²) in [5.41, 5.74) is 0.878. The molecule has 186 valence electrons. The van der Waals surface area contributed by atoms with Gasteiger partial charge in [-0.15, -0.1) is 13.2 Å². The van der Waals surface area contributed by atoms with Crippen LogP contribution in [0.25, 0.3) is 11.1 Å². The number of alkyl halides is 3. The van der Waals surface area contributed by atoms with Crippen LogP contribution in [0.1, 0.15) is 5.56 Å². The van der Waals surface area contributed by atoms with Gasteiger partial charge in [0, 0.05) is 7.11 Å². The van der Waals surface area contributed by atoms with Gasteiger partial charge in [0.1, 0.15) is 18.1 Å². The van der Waals surface area contributed by atoms with Gasteiger partial charge in [0.15, 0.2) is 0 Å². The van der Waals surface area contributed by atoms with Crippen molar-refractivity contribution in [1.29, 1.82) is 0 Å². The standard InChI is InChI=1S/C24H21F3O7S/c1-32-8-9-33-20-10-16(12-23(28)29)11-22(15-20)35(30,31)21-7-3-5-18(14-21)17-4-2-6-19(13-17)34-24(25,26)27/h2-7,10-11,13-15H,8-9,12H2,1H3,(H,28,29). The Kier molecular flexibility index (Phi) is 8.03. The summed E-state index contributed by atoms with van der Waals surface area (Å²) in [7, 11) is -2.66. The van der Waals surface area contributed by atoms with E-state index in [0.717, 1.165) is 12.1 Å². The Balaban J connectivity index is 2.00. The van der Waals surface area contributed by atoms with Crippen molar-refractivity contribution in [2.75, 3.05) is 20.3 Å². The summed E-state index contributed by atoms with van der Waals surface area (Å²) in [5, 5.41) is 9.15. The van der Waals surface area contributed by atoms with E-state index in [1.165, 1.54) is 55.6 Å².